The lowest BCUT2D eigenvalue weighted by molar-refractivity contribution is -0.136. The molecule has 1 aromatic heterocycles. The van der Waals surface area contributed by atoms with Crippen LogP contribution in [0.1, 0.15) is 24.2 Å². The number of carbonyl (C=O) groups is 1. The smallest absolute Gasteiger partial charge is 0.340 e. The van der Waals surface area contributed by atoms with Gasteiger partial charge in [-0.25, -0.2) is 14.3 Å². The van der Waals surface area contributed by atoms with Crippen molar-refractivity contribution in [2.75, 3.05) is 13.2 Å². The normalized spacial score (nSPS) is 16.7. The fraction of sp³-hybridized carbons (Fsp3) is 0.438. The summed E-state index contributed by atoms with van der Waals surface area (Å²) in [5.74, 6) is -0.0931. The molecule has 0 atom stereocenters. The molecule has 3 N–H and O–H groups in total. The van der Waals surface area contributed by atoms with Crippen LogP contribution in [0.3, 0.4) is 0 Å². The third-order valence-corrected chi connectivity index (χ3v) is 4.33. The lowest BCUT2D eigenvalue weighted by atomic mass is 9.74. The van der Waals surface area contributed by atoms with Crippen molar-refractivity contribution in [1.29, 1.82) is 0 Å². The first kappa shape index (κ1) is 16.4. The van der Waals surface area contributed by atoms with E-state index in [9.17, 15) is 14.0 Å². The highest BCUT2D eigenvalue weighted by Gasteiger charge is 2.40. The zero-order chi connectivity index (χ0) is 17.0. The third kappa shape index (κ3) is 3.70. The molecular weight excluding hydrogens is 315 g/mol. The highest BCUT2D eigenvalue weighted by Crippen LogP contribution is 2.35. The van der Waals surface area contributed by atoms with E-state index >= 15 is 0 Å². The van der Waals surface area contributed by atoms with Crippen LogP contribution in [0.4, 0.5) is 4.39 Å². The number of halogens is 1. The average molecular weight is 334 g/mol. The molecule has 1 aliphatic rings. The second-order valence-corrected chi connectivity index (χ2v) is 6.01. The van der Waals surface area contributed by atoms with Crippen LogP contribution >= 0.6 is 0 Å². The second-order valence-electron chi connectivity index (χ2n) is 6.01. The van der Waals surface area contributed by atoms with Crippen molar-refractivity contribution >= 4 is 5.91 Å². The minimum Gasteiger partial charge on any atom is -0.381 e. The maximum absolute atomic E-state index is 13.4. The Morgan fingerprint density at radius 1 is 1.38 bits per heavy atom. The third-order valence-electron chi connectivity index (χ3n) is 4.33. The number of amides is 1. The lowest BCUT2D eigenvalue weighted by Crippen LogP contribution is -2.46. The van der Waals surface area contributed by atoms with Crippen molar-refractivity contribution in [3.05, 3.63) is 52.0 Å². The van der Waals surface area contributed by atoms with Crippen LogP contribution in [0.2, 0.25) is 0 Å². The van der Waals surface area contributed by atoms with Gasteiger partial charge in [-0.15, -0.1) is 0 Å². The molecule has 7 nitrogen and oxygen atoms in total. The highest BCUT2D eigenvalue weighted by atomic mass is 19.1. The van der Waals surface area contributed by atoms with Gasteiger partial charge in [0, 0.05) is 13.2 Å². The summed E-state index contributed by atoms with van der Waals surface area (Å²) in [4.78, 5) is 26.3. The molecule has 1 saturated heterocycles. The van der Waals surface area contributed by atoms with Crippen LogP contribution in [0.25, 0.3) is 0 Å². The largest absolute Gasteiger partial charge is 0.381 e. The van der Waals surface area contributed by atoms with E-state index in [1.54, 1.807) is 6.07 Å². The predicted molar refractivity (Wildman–Crippen MR) is 83.6 cm³/mol. The molecule has 1 aromatic carbocycles. The van der Waals surface area contributed by atoms with E-state index < -0.39 is 11.1 Å². The Labute approximate surface area is 137 Å². The molecule has 0 bridgehead atoms. The van der Waals surface area contributed by atoms with E-state index in [1.165, 1.54) is 12.1 Å². The molecule has 0 unspecified atom stereocenters. The van der Waals surface area contributed by atoms with Crippen molar-refractivity contribution < 1.29 is 13.9 Å². The molecule has 0 aliphatic carbocycles. The van der Waals surface area contributed by atoms with Gasteiger partial charge in [-0.1, -0.05) is 12.1 Å². The first-order chi connectivity index (χ1) is 11.6. The van der Waals surface area contributed by atoms with E-state index in [0.29, 0.717) is 38.3 Å². The van der Waals surface area contributed by atoms with Gasteiger partial charge in [0.2, 0.25) is 5.91 Å². The molecule has 1 aliphatic heterocycles. The molecule has 0 radical (unpaired) electrons. The van der Waals surface area contributed by atoms with Gasteiger partial charge in [0.05, 0.1) is 12.0 Å². The van der Waals surface area contributed by atoms with Gasteiger partial charge >= 0.3 is 5.69 Å². The van der Waals surface area contributed by atoms with Gasteiger partial charge in [-0.05, 0) is 37.0 Å². The fourth-order valence-corrected chi connectivity index (χ4v) is 3.02. The number of benzene rings is 1. The SMILES string of the molecule is O=C(NCc1n[nH]c(=O)[nH]1)C1(Cc2cccc(F)c2)CCOCC1. The van der Waals surface area contributed by atoms with Crippen molar-refractivity contribution in [2.24, 2.45) is 5.41 Å². The molecule has 0 spiro atoms. The number of nitrogens with one attached hydrogen (secondary N) is 3. The molecule has 24 heavy (non-hydrogen) atoms. The summed E-state index contributed by atoms with van der Waals surface area (Å²) in [6.45, 7) is 1.10. The first-order valence-corrected chi connectivity index (χ1v) is 7.81. The Kier molecular flexibility index (Phi) is 4.75. The van der Waals surface area contributed by atoms with Crippen molar-refractivity contribution in [3.63, 3.8) is 0 Å². The maximum atomic E-state index is 13.4. The van der Waals surface area contributed by atoms with Gasteiger partial charge in [0.25, 0.3) is 0 Å². The van der Waals surface area contributed by atoms with Gasteiger partial charge in [0.15, 0.2) is 0 Å². The Hall–Kier alpha value is -2.48. The molecule has 2 aromatic rings. The molecule has 2 heterocycles. The van der Waals surface area contributed by atoms with E-state index in [0.717, 1.165) is 5.56 Å². The van der Waals surface area contributed by atoms with Crippen LogP contribution in [0.15, 0.2) is 29.1 Å². The molecule has 1 amide bonds. The number of rotatable bonds is 5. The van der Waals surface area contributed by atoms with Crippen LogP contribution in [0, 0.1) is 11.2 Å². The van der Waals surface area contributed by atoms with Crippen LogP contribution in [-0.2, 0) is 22.5 Å². The number of aromatic amines is 2. The van der Waals surface area contributed by atoms with Gasteiger partial charge in [-0.3, -0.25) is 9.78 Å². The predicted octanol–water partition coefficient (Wildman–Crippen LogP) is 0.893. The Morgan fingerprint density at radius 2 is 2.17 bits per heavy atom. The zero-order valence-electron chi connectivity index (χ0n) is 13.1. The molecule has 3 rings (SSSR count). The summed E-state index contributed by atoms with van der Waals surface area (Å²) >= 11 is 0. The average Bonchev–Trinajstić information content (AvgIpc) is 2.99. The monoisotopic (exact) mass is 334 g/mol. The van der Waals surface area contributed by atoms with Crippen molar-refractivity contribution in [1.82, 2.24) is 20.5 Å². The number of H-pyrrole nitrogens is 2. The van der Waals surface area contributed by atoms with Gasteiger partial charge in [-0.2, -0.15) is 5.10 Å². The summed E-state index contributed by atoms with van der Waals surface area (Å²) in [5, 5.41) is 8.84. The van der Waals surface area contributed by atoms with E-state index in [1.807, 2.05) is 6.07 Å². The summed E-state index contributed by atoms with van der Waals surface area (Å²) in [5.41, 5.74) is -0.289. The number of carbonyl (C=O) groups excluding carboxylic acids is 1. The summed E-state index contributed by atoms with van der Waals surface area (Å²) in [6.07, 6.45) is 1.57. The molecule has 0 saturated carbocycles. The Bertz CT molecular complexity index is 764. The Balaban J connectivity index is 1.74. The number of aromatic nitrogens is 3. The van der Waals surface area contributed by atoms with E-state index in [-0.39, 0.29) is 18.3 Å². The highest BCUT2D eigenvalue weighted by molar-refractivity contribution is 5.83. The maximum Gasteiger partial charge on any atom is 0.340 e. The number of hydrogen-bond donors (Lipinski definition) is 3. The minimum atomic E-state index is -0.650. The molecular formula is C16H19FN4O3. The van der Waals surface area contributed by atoms with Crippen molar-refractivity contribution in [3.8, 4) is 0 Å². The Morgan fingerprint density at radius 3 is 2.83 bits per heavy atom. The number of hydrogen-bond acceptors (Lipinski definition) is 4. The number of ether oxygens (including phenoxy) is 1. The number of nitrogens with zero attached hydrogens (tertiary/aromatic N) is 1. The summed E-state index contributed by atoms with van der Waals surface area (Å²) in [7, 11) is 0. The van der Waals surface area contributed by atoms with Crippen LogP contribution < -0.4 is 11.0 Å². The molecule has 1 fully saturated rings. The fourth-order valence-electron chi connectivity index (χ4n) is 3.02. The summed E-state index contributed by atoms with van der Waals surface area (Å²) in [6, 6.07) is 6.30. The zero-order valence-corrected chi connectivity index (χ0v) is 13.1. The van der Waals surface area contributed by atoms with Crippen molar-refractivity contribution in [2.45, 2.75) is 25.8 Å². The van der Waals surface area contributed by atoms with Gasteiger partial charge in [0.1, 0.15) is 11.6 Å². The standard InChI is InChI=1S/C16H19FN4O3/c17-12-3-1-2-11(8-12)9-16(4-6-24-7-5-16)14(22)18-10-13-19-15(23)21-20-13/h1-3,8H,4-7,9-10H2,(H,18,22)(H2,19,20,21,23). The topological polar surface area (TPSA) is 99.9 Å². The summed E-state index contributed by atoms with van der Waals surface area (Å²) < 4.78 is 18.8. The lowest BCUT2D eigenvalue weighted by Gasteiger charge is -2.35. The minimum absolute atomic E-state index is 0.128. The van der Waals surface area contributed by atoms with Crippen LogP contribution in [0.5, 0.6) is 0 Å². The van der Waals surface area contributed by atoms with Gasteiger partial charge < -0.3 is 10.1 Å². The van der Waals surface area contributed by atoms with E-state index in [4.69, 9.17) is 4.74 Å². The molecule has 8 heteroatoms. The van der Waals surface area contributed by atoms with E-state index in [2.05, 4.69) is 20.5 Å². The molecule has 128 valence electrons. The quantitative estimate of drug-likeness (QED) is 0.756. The van der Waals surface area contributed by atoms with Crippen LogP contribution in [-0.4, -0.2) is 34.3 Å². The second kappa shape index (κ2) is 6.96. The first-order valence-electron chi connectivity index (χ1n) is 7.81.